The number of ether oxygens (including phenoxy) is 1. The standard InChI is InChI=1S/C19H26N4O/c1-24-17-9-7-15(8-10-17)11-13-20-19-21-14-12-18(23-19)22-16-5-3-2-4-6-16/h7-10,12,14,16H,2-6,11,13H2,1H3,(H2,20,21,22,23). The number of nitrogens with zero attached hydrogens (tertiary/aromatic N) is 2. The number of hydrogen-bond donors (Lipinski definition) is 2. The van der Waals surface area contributed by atoms with Gasteiger partial charge in [0.15, 0.2) is 0 Å². The van der Waals surface area contributed by atoms with Crippen LogP contribution in [0.2, 0.25) is 0 Å². The Balaban J connectivity index is 1.48. The van der Waals surface area contributed by atoms with Crippen LogP contribution in [-0.4, -0.2) is 29.7 Å². The highest BCUT2D eigenvalue weighted by molar-refractivity contribution is 5.40. The lowest BCUT2D eigenvalue weighted by Gasteiger charge is -2.23. The van der Waals surface area contributed by atoms with Crippen molar-refractivity contribution in [1.29, 1.82) is 0 Å². The van der Waals surface area contributed by atoms with E-state index in [-0.39, 0.29) is 0 Å². The maximum Gasteiger partial charge on any atom is 0.224 e. The number of hydrogen-bond acceptors (Lipinski definition) is 5. The quantitative estimate of drug-likeness (QED) is 0.808. The van der Waals surface area contributed by atoms with Crippen molar-refractivity contribution in [2.75, 3.05) is 24.3 Å². The summed E-state index contributed by atoms with van der Waals surface area (Å²) < 4.78 is 5.18. The van der Waals surface area contributed by atoms with Crippen LogP contribution in [-0.2, 0) is 6.42 Å². The van der Waals surface area contributed by atoms with E-state index in [9.17, 15) is 0 Å². The van der Waals surface area contributed by atoms with Gasteiger partial charge in [-0.1, -0.05) is 31.4 Å². The monoisotopic (exact) mass is 326 g/mol. The molecule has 128 valence electrons. The number of benzene rings is 1. The zero-order valence-corrected chi connectivity index (χ0v) is 14.3. The van der Waals surface area contributed by atoms with Crippen molar-refractivity contribution in [3.8, 4) is 5.75 Å². The smallest absolute Gasteiger partial charge is 0.224 e. The van der Waals surface area contributed by atoms with E-state index >= 15 is 0 Å². The third kappa shape index (κ3) is 4.85. The molecule has 0 radical (unpaired) electrons. The second-order valence-electron chi connectivity index (χ2n) is 6.27. The minimum absolute atomic E-state index is 0.556. The molecule has 5 nitrogen and oxygen atoms in total. The molecule has 0 amide bonds. The summed E-state index contributed by atoms with van der Waals surface area (Å²) in [5.74, 6) is 2.49. The Morgan fingerprint density at radius 1 is 1.08 bits per heavy atom. The van der Waals surface area contributed by atoms with Gasteiger partial charge >= 0.3 is 0 Å². The molecule has 5 heteroatoms. The second kappa shape index (κ2) is 8.52. The molecule has 0 saturated heterocycles. The second-order valence-corrected chi connectivity index (χ2v) is 6.27. The molecule has 2 aromatic rings. The van der Waals surface area contributed by atoms with Crippen LogP contribution in [0, 0.1) is 0 Å². The van der Waals surface area contributed by atoms with E-state index in [1.165, 1.54) is 37.7 Å². The first-order valence-electron chi connectivity index (χ1n) is 8.80. The molecule has 1 aromatic heterocycles. The summed E-state index contributed by atoms with van der Waals surface area (Å²) in [5.41, 5.74) is 1.26. The highest BCUT2D eigenvalue weighted by Crippen LogP contribution is 2.21. The summed E-state index contributed by atoms with van der Waals surface area (Å²) in [6.45, 7) is 0.805. The topological polar surface area (TPSA) is 59.1 Å². The molecule has 24 heavy (non-hydrogen) atoms. The number of aromatic nitrogens is 2. The number of anilines is 2. The largest absolute Gasteiger partial charge is 0.497 e. The zero-order valence-electron chi connectivity index (χ0n) is 14.3. The van der Waals surface area contributed by atoms with Crippen LogP contribution in [0.25, 0.3) is 0 Å². The fraction of sp³-hybridized carbons (Fsp3) is 0.474. The fourth-order valence-corrected chi connectivity index (χ4v) is 3.09. The van der Waals surface area contributed by atoms with E-state index in [0.29, 0.717) is 12.0 Å². The van der Waals surface area contributed by atoms with E-state index in [1.807, 2.05) is 24.4 Å². The number of rotatable bonds is 7. The highest BCUT2D eigenvalue weighted by atomic mass is 16.5. The Hall–Kier alpha value is -2.30. The molecule has 0 atom stereocenters. The molecular weight excluding hydrogens is 300 g/mol. The predicted octanol–water partition coefficient (Wildman–Crippen LogP) is 3.88. The molecule has 0 bridgehead atoms. The highest BCUT2D eigenvalue weighted by Gasteiger charge is 2.13. The Kier molecular flexibility index (Phi) is 5.88. The third-order valence-corrected chi connectivity index (χ3v) is 4.47. The molecule has 0 aliphatic heterocycles. The normalized spacial score (nSPS) is 15.0. The minimum atomic E-state index is 0.556. The summed E-state index contributed by atoms with van der Waals surface area (Å²) in [4.78, 5) is 8.88. The van der Waals surface area contributed by atoms with Crippen LogP contribution >= 0.6 is 0 Å². The number of methoxy groups -OCH3 is 1. The Morgan fingerprint density at radius 3 is 2.62 bits per heavy atom. The van der Waals surface area contributed by atoms with Crippen molar-refractivity contribution in [2.45, 2.75) is 44.6 Å². The van der Waals surface area contributed by atoms with E-state index in [2.05, 4.69) is 32.7 Å². The third-order valence-electron chi connectivity index (χ3n) is 4.47. The average molecular weight is 326 g/mol. The van der Waals surface area contributed by atoms with E-state index in [4.69, 9.17) is 4.74 Å². The summed E-state index contributed by atoms with van der Waals surface area (Å²) in [7, 11) is 1.68. The Labute approximate surface area is 143 Å². The Morgan fingerprint density at radius 2 is 1.88 bits per heavy atom. The fourth-order valence-electron chi connectivity index (χ4n) is 3.09. The van der Waals surface area contributed by atoms with Gasteiger partial charge in [0.25, 0.3) is 0 Å². The molecule has 1 aromatic carbocycles. The van der Waals surface area contributed by atoms with Gasteiger partial charge in [-0.15, -0.1) is 0 Å². The van der Waals surface area contributed by atoms with Crippen molar-refractivity contribution in [2.24, 2.45) is 0 Å². The lowest BCUT2D eigenvalue weighted by atomic mass is 9.95. The molecule has 0 spiro atoms. The maximum atomic E-state index is 5.18. The first-order valence-corrected chi connectivity index (χ1v) is 8.80. The molecule has 3 rings (SSSR count). The van der Waals surface area contributed by atoms with E-state index in [1.54, 1.807) is 7.11 Å². The van der Waals surface area contributed by atoms with Crippen LogP contribution in [0.3, 0.4) is 0 Å². The Bertz CT molecular complexity index is 624. The van der Waals surface area contributed by atoms with Gasteiger partial charge in [-0.3, -0.25) is 0 Å². The molecule has 1 fully saturated rings. The van der Waals surface area contributed by atoms with Crippen molar-refractivity contribution in [3.63, 3.8) is 0 Å². The maximum absolute atomic E-state index is 5.18. The summed E-state index contributed by atoms with van der Waals surface area (Å²) >= 11 is 0. The van der Waals surface area contributed by atoms with Gasteiger partial charge in [0, 0.05) is 18.8 Å². The molecule has 1 aliphatic carbocycles. The predicted molar refractivity (Wildman–Crippen MR) is 97.7 cm³/mol. The van der Waals surface area contributed by atoms with E-state index in [0.717, 1.165) is 24.5 Å². The average Bonchev–Trinajstić information content (AvgIpc) is 2.63. The van der Waals surface area contributed by atoms with Crippen LogP contribution in [0.1, 0.15) is 37.7 Å². The van der Waals surface area contributed by atoms with Gasteiger partial charge < -0.3 is 15.4 Å². The van der Waals surface area contributed by atoms with E-state index < -0.39 is 0 Å². The molecular formula is C19H26N4O. The lowest BCUT2D eigenvalue weighted by molar-refractivity contribution is 0.414. The summed E-state index contributed by atoms with van der Waals surface area (Å²) in [6, 6.07) is 10.6. The molecule has 0 unspecified atom stereocenters. The molecule has 1 heterocycles. The number of nitrogens with one attached hydrogen (secondary N) is 2. The van der Waals surface area contributed by atoms with Crippen molar-refractivity contribution >= 4 is 11.8 Å². The van der Waals surface area contributed by atoms with Gasteiger partial charge in [-0.2, -0.15) is 4.98 Å². The van der Waals surface area contributed by atoms with Gasteiger partial charge in [0.1, 0.15) is 11.6 Å². The first-order chi connectivity index (χ1) is 11.8. The minimum Gasteiger partial charge on any atom is -0.497 e. The van der Waals surface area contributed by atoms with Gasteiger partial charge in [0.05, 0.1) is 7.11 Å². The lowest BCUT2D eigenvalue weighted by Crippen LogP contribution is -2.23. The molecule has 2 N–H and O–H groups in total. The van der Waals surface area contributed by atoms with Crippen molar-refractivity contribution in [1.82, 2.24) is 9.97 Å². The van der Waals surface area contributed by atoms with Crippen LogP contribution in [0.15, 0.2) is 36.5 Å². The zero-order chi connectivity index (χ0) is 16.6. The SMILES string of the molecule is COc1ccc(CCNc2nccc(NC3CCCCC3)n2)cc1. The van der Waals surface area contributed by atoms with Gasteiger partial charge in [0.2, 0.25) is 5.95 Å². The van der Waals surface area contributed by atoms with Crippen molar-refractivity contribution in [3.05, 3.63) is 42.1 Å². The van der Waals surface area contributed by atoms with Crippen LogP contribution < -0.4 is 15.4 Å². The summed E-state index contributed by atoms with van der Waals surface area (Å²) in [5, 5.41) is 6.84. The van der Waals surface area contributed by atoms with Gasteiger partial charge in [-0.05, 0) is 43.0 Å². The molecule has 1 aliphatic rings. The summed E-state index contributed by atoms with van der Waals surface area (Å²) in [6.07, 6.45) is 9.21. The van der Waals surface area contributed by atoms with Crippen LogP contribution in [0.5, 0.6) is 5.75 Å². The first kappa shape index (κ1) is 16.6. The van der Waals surface area contributed by atoms with Gasteiger partial charge in [-0.25, -0.2) is 4.98 Å². The van der Waals surface area contributed by atoms with Crippen molar-refractivity contribution < 1.29 is 4.74 Å². The molecule has 1 saturated carbocycles. The van der Waals surface area contributed by atoms with Crippen LogP contribution in [0.4, 0.5) is 11.8 Å².